The highest BCUT2D eigenvalue weighted by molar-refractivity contribution is 9.10. The maximum atomic E-state index is 12.9. The summed E-state index contributed by atoms with van der Waals surface area (Å²) in [6.07, 6.45) is 4.48. The Bertz CT molecular complexity index is 1300. The second kappa shape index (κ2) is 7.74. The molecule has 5 rings (SSSR count). The van der Waals surface area contributed by atoms with E-state index in [1.54, 1.807) is 17.8 Å². The third kappa shape index (κ3) is 3.41. The van der Waals surface area contributed by atoms with Gasteiger partial charge in [0.05, 0.1) is 17.1 Å². The van der Waals surface area contributed by atoms with Crippen LogP contribution in [-0.2, 0) is 17.6 Å². The average Bonchev–Trinajstić information content (AvgIpc) is 2.73. The Hall–Kier alpha value is -2.32. The molecule has 0 fully saturated rings. The van der Waals surface area contributed by atoms with Crippen molar-refractivity contribution in [3.63, 3.8) is 0 Å². The van der Waals surface area contributed by atoms with Gasteiger partial charge in [-0.25, -0.2) is 0 Å². The van der Waals surface area contributed by atoms with Crippen LogP contribution in [0.4, 0.5) is 5.69 Å². The Morgan fingerprint density at radius 3 is 2.93 bits per heavy atom. The largest absolute Gasteiger partial charge is 0.326 e. The topological polar surface area (TPSA) is 84.0 Å². The fourth-order valence-electron chi connectivity index (χ4n) is 4.49. The summed E-state index contributed by atoms with van der Waals surface area (Å²) < 4.78 is 2.34. The molecule has 1 aromatic heterocycles. The van der Waals surface area contributed by atoms with Gasteiger partial charge in [-0.1, -0.05) is 28.1 Å². The van der Waals surface area contributed by atoms with E-state index in [-0.39, 0.29) is 18.4 Å². The first-order valence-corrected chi connectivity index (χ1v) is 11.8. The second-order valence-electron chi connectivity index (χ2n) is 7.80. The van der Waals surface area contributed by atoms with Gasteiger partial charge in [-0.05, 0) is 55.0 Å². The fourth-order valence-corrected chi connectivity index (χ4v) is 6.29. The van der Waals surface area contributed by atoms with Crippen molar-refractivity contribution in [1.82, 2.24) is 9.55 Å². The maximum absolute atomic E-state index is 12.9. The molecule has 2 N–H and O–H groups in total. The molecule has 0 saturated heterocycles. The Labute approximate surface area is 185 Å². The van der Waals surface area contributed by atoms with Crippen LogP contribution in [0.5, 0.6) is 0 Å². The van der Waals surface area contributed by atoms with Gasteiger partial charge < -0.3 is 10.3 Å². The number of halogens is 1. The van der Waals surface area contributed by atoms with Gasteiger partial charge in [-0.3, -0.25) is 19.0 Å². The highest BCUT2D eigenvalue weighted by atomic mass is 79.9. The van der Waals surface area contributed by atoms with E-state index in [4.69, 9.17) is 0 Å². The first-order chi connectivity index (χ1) is 14.5. The zero-order valence-corrected chi connectivity index (χ0v) is 18.6. The molecule has 154 valence electrons. The standard InChI is InChI=1S/C22H20BrN3O3S/c23-13-8-17-20-18(9-13)30-11-14(26(20)22(29)21(28)25-17)10-19(27)24-16-7-3-5-12-4-1-2-6-15(12)16/h3,5,7-9,14H,1-2,4,6,10-11H2,(H,24,27)(H,25,28). The molecular formula is C22H20BrN3O3S. The van der Waals surface area contributed by atoms with Gasteiger partial charge >= 0.3 is 11.1 Å². The number of thioether (sulfide) groups is 1. The molecule has 3 aromatic rings. The van der Waals surface area contributed by atoms with Gasteiger partial charge in [0.15, 0.2) is 0 Å². The van der Waals surface area contributed by atoms with Crippen LogP contribution in [0, 0.1) is 0 Å². The van der Waals surface area contributed by atoms with E-state index < -0.39 is 11.1 Å². The number of carbonyl (C=O) groups is 1. The quantitative estimate of drug-likeness (QED) is 0.549. The summed E-state index contributed by atoms with van der Waals surface area (Å²) in [6.45, 7) is 0. The van der Waals surface area contributed by atoms with Gasteiger partial charge in [0.2, 0.25) is 5.91 Å². The number of nitrogens with zero attached hydrogens (tertiary/aromatic N) is 1. The number of hydrogen-bond acceptors (Lipinski definition) is 4. The zero-order valence-electron chi connectivity index (χ0n) is 16.2. The highest BCUT2D eigenvalue weighted by Crippen LogP contribution is 2.38. The van der Waals surface area contributed by atoms with Crippen LogP contribution >= 0.6 is 27.7 Å². The number of aromatic nitrogens is 2. The summed E-state index contributed by atoms with van der Waals surface area (Å²) in [5.74, 6) is 0.419. The Morgan fingerprint density at radius 1 is 1.23 bits per heavy atom. The summed E-state index contributed by atoms with van der Waals surface area (Å²) in [6, 6.07) is 9.41. The van der Waals surface area contributed by atoms with Crippen molar-refractivity contribution in [2.75, 3.05) is 11.1 Å². The number of aryl methyl sites for hydroxylation is 1. The molecule has 2 aliphatic rings. The lowest BCUT2D eigenvalue weighted by atomic mass is 9.90. The first-order valence-electron chi connectivity index (χ1n) is 10.0. The summed E-state index contributed by atoms with van der Waals surface area (Å²) in [5.41, 5.74) is 3.41. The lowest BCUT2D eigenvalue weighted by Crippen LogP contribution is -2.41. The average molecular weight is 486 g/mol. The van der Waals surface area contributed by atoms with Crippen molar-refractivity contribution in [2.45, 2.75) is 43.0 Å². The predicted octanol–water partition coefficient (Wildman–Crippen LogP) is 4.01. The van der Waals surface area contributed by atoms with Gasteiger partial charge in [-0.2, -0.15) is 0 Å². The predicted molar refractivity (Wildman–Crippen MR) is 123 cm³/mol. The SMILES string of the molecule is O=C(CC1CSc2cc(Br)cc3[nH]c(=O)c(=O)n1c23)Nc1cccc2c1CCCC2. The van der Waals surface area contributed by atoms with Crippen LogP contribution in [0.2, 0.25) is 0 Å². The van der Waals surface area contributed by atoms with E-state index in [9.17, 15) is 14.4 Å². The van der Waals surface area contributed by atoms with Gasteiger partial charge in [0.25, 0.3) is 0 Å². The van der Waals surface area contributed by atoms with Crippen molar-refractivity contribution in [1.29, 1.82) is 0 Å². The molecule has 1 amide bonds. The zero-order chi connectivity index (χ0) is 20.8. The summed E-state index contributed by atoms with van der Waals surface area (Å²) in [5, 5.41) is 3.06. The molecule has 8 heteroatoms. The molecule has 0 saturated carbocycles. The minimum atomic E-state index is -0.666. The van der Waals surface area contributed by atoms with E-state index >= 15 is 0 Å². The second-order valence-corrected chi connectivity index (χ2v) is 9.77. The maximum Gasteiger partial charge on any atom is 0.317 e. The fraction of sp³-hybridized carbons (Fsp3) is 0.318. The van der Waals surface area contributed by atoms with E-state index in [1.165, 1.54) is 22.1 Å². The van der Waals surface area contributed by atoms with E-state index in [1.807, 2.05) is 18.2 Å². The number of hydrogen-bond donors (Lipinski definition) is 2. The van der Waals surface area contributed by atoms with E-state index in [2.05, 4.69) is 32.3 Å². The summed E-state index contributed by atoms with van der Waals surface area (Å²) >= 11 is 5.05. The van der Waals surface area contributed by atoms with Crippen LogP contribution < -0.4 is 16.4 Å². The highest BCUT2D eigenvalue weighted by Gasteiger charge is 2.27. The number of amides is 1. The first kappa shape index (κ1) is 19.6. The molecule has 2 aromatic carbocycles. The third-order valence-corrected chi connectivity index (χ3v) is 7.46. The van der Waals surface area contributed by atoms with Gasteiger partial charge in [-0.15, -0.1) is 11.8 Å². The number of rotatable bonds is 3. The Morgan fingerprint density at radius 2 is 2.07 bits per heavy atom. The number of carbonyl (C=O) groups excluding carboxylic acids is 1. The van der Waals surface area contributed by atoms with Crippen molar-refractivity contribution < 1.29 is 4.79 Å². The van der Waals surface area contributed by atoms with Crippen molar-refractivity contribution in [3.05, 3.63) is 66.6 Å². The number of aromatic amines is 1. The van der Waals surface area contributed by atoms with Crippen LogP contribution in [0.15, 0.2) is 49.3 Å². The van der Waals surface area contributed by atoms with Crippen molar-refractivity contribution in [2.24, 2.45) is 0 Å². The third-order valence-electron chi connectivity index (χ3n) is 5.83. The summed E-state index contributed by atoms with van der Waals surface area (Å²) in [7, 11) is 0. The molecule has 1 aliphatic heterocycles. The van der Waals surface area contributed by atoms with Gasteiger partial charge in [0, 0.05) is 27.2 Å². The van der Waals surface area contributed by atoms with Gasteiger partial charge in [0.1, 0.15) is 0 Å². The van der Waals surface area contributed by atoms with E-state index in [0.29, 0.717) is 16.8 Å². The number of anilines is 1. The minimum absolute atomic E-state index is 0.138. The Balaban J connectivity index is 1.47. The minimum Gasteiger partial charge on any atom is -0.326 e. The normalized spacial score (nSPS) is 17.6. The molecule has 1 aliphatic carbocycles. The van der Waals surface area contributed by atoms with Crippen LogP contribution in [0.1, 0.15) is 36.4 Å². The molecule has 1 unspecified atom stereocenters. The molecule has 0 spiro atoms. The summed E-state index contributed by atoms with van der Waals surface area (Å²) in [4.78, 5) is 41.4. The number of nitrogens with one attached hydrogen (secondary N) is 2. The molecular weight excluding hydrogens is 466 g/mol. The van der Waals surface area contributed by atoms with E-state index in [0.717, 1.165) is 34.3 Å². The number of benzene rings is 2. The monoisotopic (exact) mass is 485 g/mol. The molecule has 0 radical (unpaired) electrons. The molecule has 0 bridgehead atoms. The smallest absolute Gasteiger partial charge is 0.317 e. The molecule has 1 atom stereocenters. The lowest BCUT2D eigenvalue weighted by molar-refractivity contribution is -0.116. The van der Waals surface area contributed by atoms with Crippen LogP contribution in [-0.4, -0.2) is 21.2 Å². The van der Waals surface area contributed by atoms with Crippen LogP contribution in [0.3, 0.4) is 0 Å². The molecule has 2 heterocycles. The van der Waals surface area contributed by atoms with Crippen molar-refractivity contribution in [3.8, 4) is 0 Å². The number of fused-ring (bicyclic) bond motifs is 1. The van der Waals surface area contributed by atoms with Crippen LogP contribution in [0.25, 0.3) is 11.0 Å². The lowest BCUT2D eigenvalue weighted by Gasteiger charge is -2.27. The molecule has 30 heavy (non-hydrogen) atoms. The van der Waals surface area contributed by atoms with Crippen molar-refractivity contribution >= 4 is 50.3 Å². The Kier molecular flexibility index (Phi) is 5.06. The molecule has 6 nitrogen and oxygen atoms in total. The number of H-pyrrole nitrogens is 1.